The number of thiophene rings is 1. The summed E-state index contributed by atoms with van der Waals surface area (Å²) in [5.41, 5.74) is 1.47. The third kappa shape index (κ3) is 4.57. The lowest BCUT2D eigenvalue weighted by Gasteiger charge is -2.40. The molecule has 0 aromatic carbocycles. The molecule has 6 heteroatoms. The van der Waals surface area contributed by atoms with Crippen molar-refractivity contribution < 1.29 is 4.74 Å². The molecule has 3 rings (SSSR count). The van der Waals surface area contributed by atoms with Crippen LogP contribution >= 0.6 is 36.2 Å². The Morgan fingerprint density at radius 2 is 1.90 bits per heavy atom. The Kier molecular flexibility index (Phi) is 8.54. The van der Waals surface area contributed by atoms with Crippen LogP contribution in [0.15, 0.2) is 11.4 Å². The van der Waals surface area contributed by atoms with Crippen LogP contribution in [-0.2, 0) is 4.74 Å². The summed E-state index contributed by atoms with van der Waals surface area (Å²) in [5.74, 6) is 0.768. The molecule has 1 aromatic heterocycles. The number of nitrogens with zero attached hydrogens (tertiary/aromatic N) is 1. The van der Waals surface area contributed by atoms with E-state index in [0.29, 0.717) is 6.04 Å². The molecule has 0 saturated carbocycles. The minimum Gasteiger partial charge on any atom is -0.381 e. The van der Waals surface area contributed by atoms with Crippen molar-refractivity contribution in [2.75, 3.05) is 39.4 Å². The number of rotatable bonds is 3. The Bertz CT molecular complexity index is 386. The highest BCUT2D eigenvalue weighted by Gasteiger charge is 2.32. The average molecular weight is 353 g/mol. The Labute approximate surface area is 144 Å². The number of ether oxygens (including phenoxy) is 1. The first kappa shape index (κ1) is 19.2. The van der Waals surface area contributed by atoms with Gasteiger partial charge in [-0.3, -0.25) is 4.90 Å². The molecule has 21 heavy (non-hydrogen) atoms. The van der Waals surface area contributed by atoms with Gasteiger partial charge in [0.05, 0.1) is 0 Å². The molecule has 0 aliphatic carbocycles. The van der Waals surface area contributed by atoms with Crippen molar-refractivity contribution in [1.29, 1.82) is 0 Å². The van der Waals surface area contributed by atoms with E-state index in [-0.39, 0.29) is 24.8 Å². The molecule has 0 amide bonds. The molecule has 2 aliphatic rings. The lowest BCUT2D eigenvalue weighted by molar-refractivity contribution is 0.0222. The van der Waals surface area contributed by atoms with E-state index < -0.39 is 0 Å². The number of hydrogen-bond acceptors (Lipinski definition) is 4. The second-order valence-corrected chi connectivity index (χ2v) is 6.60. The fourth-order valence-corrected chi connectivity index (χ4v) is 4.51. The molecule has 2 fully saturated rings. The van der Waals surface area contributed by atoms with Gasteiger partial charge in [-0.15, -0.1) is 36.2 Å². The number of piperazine rings is 1. The number of aryl methyl sites for hydroxylation is 1. The summed E-state index contributed by atoms with van der Waals surface area (Å²) in [7, 11) is 0. The van der Waals surface area contributed by atoms with Crippen molar-refractivity contribution >= 4 is 36.2 Å². The molecule has 3 nitrogen and oxygen atoms in total. The standard InChI is InChI=1S/C15H24N2OS.2ClH/c1-12-4-11-19-15(12)14(13-2-9-18-10-3-13)17-7-5-16-6-8-17;;/h4,11,13-14,16H,2-3,5-10H2,1H3;2*1H/t14-;;/m0../s1. The number of hydrogen-bond donors (Lipinski definition) is 1. The highest BCUT2D eigenvalue weighted by atomic mass is 35.5. The van der Waals surface area contributed by atoms with Crippen molar-refractivity contribution in [1.82, 2.24) is 10.2 Å². The summed E-state index contributed by atoms with van der Waals surface area (Å²) < 4.78 is 5.56. The normalized spacial score (nSPS) is 22.1. The second-order valence-electron chi connectivity index (χ2n) is 5.65. The summed E-state index contributed by atoms with van der Waals surface area (Å²) in [6.07, 6.45) is 2.43. The van der Waals surface area contributed by atoms with Crippen molar-refractivity contribution in [3.05, 3.63) is 21.9 Å². The first-order valence-electron chi connectivity index (χ1n) is 7.43. The minimum atomic E-state index is 0. The lowest BCUT2D eigenvalue weighted by Crippen LogP contribution is -2.47. The Hall–Kier alpha value is 0.160. The van der Waals surface area contributed by atoms with Crippen LogP contribution in [0.4, 0.5) is 0 Å². The smallest absolute Gasteiger partial charge is 0.0475 e. The van der Waals surface area contributed by atoms with Crippen LogP contribution in [0.25, 0.3) is 0 Å². The van der Waals surface area contributed by atoms with E-state index in [1.165, 1.54) is 31.5 Å². The van der Waals surface area contributed by atoms with Crippen LogP contribution in [-0.4, -0.2) is 44.3 Å². The van der Waals surface area contributed by atoms with Crippen LogP contribution in [0.3, 0.4) is 0 Å². The van der Waals surface area contributed by atoms with E-state index in [2.05, 4.69) is 28.6 Å². The van der Waals surface area contributed by atoms with E-state index in [4.69, 9.17) is 4.74 Å². The Morgan fingerprint density at radius 3 is 2.48 bits per heavy atom. The zero-order valence-corrected chi connectivity index (χ0v) is 15.0. The lowest BCUT2D eigenvalue weighted by atomic mass is 9.88. The molecule has 1 atom stereocenters. The monoisotopic (exact) mass is 352 g/mol. The van der Waals surface area contributed by atoms with Gasteiger partial charge in [-0.1, -0.05) is 0 Å². The van der Waals surface area contributed by atoms with E-state index in [9.17, 15) is 0 Å². The quantitative estimate of drug-likeness (QED) is 0.903. The van der Waals surface area contributed by atoms with Gasteiger partial charge in [-0.05, 0) is 42.7 Å². The molecular weight excluding hydrogens is 327 g/mol. The zero-order valence-electron chi connectivity index (χ0n) is 12.5. The zero-order chi connectivity index (χ0) is 13.1. The molecule has 0 unspecified atom stereocenters. The van der Waals surface area contributed by atoms with Gasteiger partial charge >= 0.3 is 0 Å². The van der Waals surface area contributed by atoms with Gasteiger partial charge in [-0.25, -0.2) is 0 Å². The first-order chi connectivity index (χ1) is 9.36. The Balaban J connectivity index is 0.00000110. The summed E-state index contributed by atoms with van der Waals surface area (Å²) in [6.45, 7) is 8.77. The van der Waals surface area contributed by atoms with Gasteiger partial charge in [0.2, 0.25) is 0 Å². The predicted molar refractivity (Wildman–Crippen MR) is 94.3 cm³/mol. The molecule has 0 bridgehead atoms. The molecule has 2 saturated heterocycles. The van der Waals surface area contributed by atoms with Crippen LogP contribution < -0.4 is 5.32 Å². The van der Waals surface area contributed by atoms with Crippen molar-refractivity contribution in [3.63, 3.8) is 0 Å². The highest BCUT2D eigenvalue weighted by molar-refractivity contribution is 7.10. The fraction of sp³-hybridized carbons (Fsp3) is 0.733. The average Bonchev–Trinajstić information content (AvgIpc) is 2.88. The molecule has 3 heterocycles. The summed E-state index contributed by atoms with van der Waals surface area (Å²) in [6, 6.07) is 2.89. The summed E-state index contributed by atoms with van der Waals surface area (Å²) >= 11 is 1.94. The molecule has 0 radical (unpaired) electrons. The van der Waals surface area contributed by atoms with Crippen molar-refractivity contribution in [2.24, 2.45) is 5.92 Å². The third-order valence-electron chi connectivity index (χ3n) is 4.43. The number of nitrogens with one attached hydrogen (secondary N) is 1. The maximum absolute atomic E-state index is 5.56. The first-order valence-corrected chi connectivity index (χ1v) is 8.31. The number of halogens is 2. The van der Waals surface area contributed by atoms with E-state index >= 15 is 0 Å². The molecule has 0 spiro atoms. The van der Waals surface area contributed by atoms with Gasteiger partial charge in [0.25, 0.3) is 0 Å². The SMILES string of the molecule is Cc1ccsc1[C@H](C1CCOCC1)N1CCNCC1.Cl.Cl. The van der Waals surface area contributed by atoms with Crippen LogP contribution in [0.1, 0.15) is 29.3 Å². The van der Waals surface area contributed by atoms with Crippen molar-refractivity contribution in [2.45, 2.75) is 25.8 Å². The van der Waals surface area contributed by atoms with Crippen LogP contribution in [0.2, 0.25) is 0 Å². The van der Waals surface area contributed by atoms with Gasteiger partial charge in [-0.2, -0.15) is 0 Å². The fourth-order valence-electron chi connectivity index (χ4n) is 3.36. The Morgan fingerprint density at radius 1 is 1.24 bits per heavy atom. The van der Waals surface area contributed by atoms with Gasteiger partial charge in [0, 0.05) is 50.3 Å². The van der Waals surface area contributed by atoms with Crippen LogP contribution in [0.5, 0.6) is 0 Å². The van der Waals surface area contributed by atoms with Gasteiger partial charge in [0.15, 0.2) is 0 Å². The summed E-state index contributed by atoms with van der Waals surface area (Å²) in [4.78, 5) is 4.29. The molecule has 1 aromatic rings. The molecular formula is C15H26Cl2N2OS. The summed E-state index contributed by atoms with van der Waals surface area (Å²) in [5, 5.41) is 5.72. The second kappa shape index (κ2) is 9.33. The molecule has 1 N–H and O–H groups in total. The third-order valence-corrected chi connectivity index (χ3v) is 5.52. The van der Waals surface area contributed by atoms with E-state index in [1.54, 1.807) is 4.88 Å². The van der Waals surface area contributed by atoms with E-state index in [0.717, 1.165) is 32.2 Å². The maximum Gasteiger partial charge on any atom is 0.0475 e. The van der Waals surface area contributed by atoms with Crippen LogP contribution in [0, 0.1) is 12.8 Å². The van der Waals surface area contributed by atoms with Gasteiger partial charge in [0.1, 0.15) is 0 Å². The minimum absolute atomic E-state index is 0. The van der Waals surface area contributed by atoms with E-state index in [1.807, 2.05) is 11.3 Å². The van der Waals surface area contributed by atoms with Crippen molar-refractivity contribution in [3.8, 4) is 0 Å². The molecule has 122 valence electrons. The molecule has 2 aliphatic heterocycles. The predicted octanol–water partition coefficient (Wildman–Crippen LogP) is 3.27. The largest absolute Gasteiger partial charge is 0.381 e. The van der Waals surface area contributed by atoms with Gasteiger partial charge < -0.3 is 10.1 Å². The highest BCUT2D eigenvalue weighted by Crippen LogP contribution is 2.39. The topological polar surface area (TPSA) is 24.5 Å². The maximum atomic E-state index is 5.56.